The Labute approximate surface area is 165 Å². The van der Waals surface area contributed by atoms with Gasteiger partial charge < -0.3 is 14.8 Å². The highest BCUT2D eigenvalue weighted by molar-refractivity contribution is 5.56. The summed E-state index contributed by atoms with van der Waals surface area (Å²) in [5.41, 5.74) is 3.75. The van der Waals surface area contributed by atoms with E-state index in [0.29, 0.717) is 19.8 Å². The van der Waals surface area contributed by atoms with Gasteiger partial charge in [0.15, 0.2) is 0 Å². The molecule has 0 fully saturated rings. The topological polar surface area (TPSA) is 30.5 Å². The van der Waals surface area contributed by atoms with Crippen LogP contribution in [-0.2, 0) is 10.8 Å². The summed E-state index contributed by atoms with van der Waals surface area (Å²) in [7, 11) is 0. The van der Waals surface area contributed by atoms with E-state index in [1.807, 2.05) is 31.2 Å². The van der Waals surface area contributed by atoms with Crippen LogP contribution in [0.25, 0.3) is 0 Å². The second-order valence-electron chi connectivity index (χ2n) is 8.92. The summed E-state index contributed by atoms with van der Waals surface area (Å²) in [5, 5.41) is 3.41. The maximum Gasteiger partial charge on any atom is 0.142 e. The molecule has 0 unspecified atom stereocenters. The van der Waals surface area contributed by atoms with Crippen LogP contribution in [0.2, 0.25) is 0 Å². The van der Waals surface area contributed by atoms with Gasteiger partial charge in [0.1, 0.15) is 18.1 Å². The molecule has 0 spiro atoms. The van der Waals surface area contributed by atoms with Crippen molar-refractivity contribution in [1.82, 2.24) is 0 Å². The molecule has 0 aliphatic rings. The summed E-state index contributed by atoms with van der Waals surface area (Å²) < 4.78 is 11.8. The minimum Gasteiger partial charge on any atom is -0.492 e. The van der Waals surface area contributed by atoms with E-state index in [0.717, 1.165) is 17.2 Å². The Morgan fingerprint density at radius 2 is 1.52 bits per heavy atom. The van der Waals surface area contributed by atoms with Crippen molar-refractivity contribution in [2.45, 2.75) is 59.3 Å². The molecule has 0 atom stereocenters. The molecule has 0 amide bonds. The maximum absolute atomic E-state index is 6.15. The summed E-state index contributed by atoms with van der Waals surface area (Å²) in [6, 6.07) is 14.6. The van der Waals surface area contributed by atoms with Crippen LogP contribution in [0.15, 0.2) is 42.5 Å². The maximum atomic E-state index is 6.15. The van der Waals surface area contributed by atoms with Gasteiger partial charge in [-0.3, -0.25) is 0 Å². The normalized spacial score (nSPS) is 12.0. The quantitative estimate of drug-likeness (QED) is 0.592. The molecule has 0 heterocycles. The van der Waals surface area contributed by atoms with Crippen molar-refractivity contribution >= 4 is 5.69 Å². The predicted molar refractivity (Wildman–Crippen MR) is 115 cm³/mol. The van der Waals surface area contributed by atoms with Gasteiger partial charge in [0, 0.05) is 6.54 Å². The fraction of sp³-hybridized carbons (Fsp3) is 0.500. The number of hydrogen-bond acceptors (Lipinski definition) is 3. The third kappa shape index (κ3) is 5.92. The molecular weight excluding hydrogens is 334 g/mol. The fourth-order valence-corrected chi connectivity index (χ4v) is 2.95. The summed E-state index contributed by atoms with van der Waals surface area (Å²) in [6.45, 7) is 17.4. The number of para-hydroxylation sites is 2. The van der Waals surface area contributed by atoms with E-state index in [-0.39, 0.29) is 10.8 Å². The molecule has 0 radical (unpaired) electrons. The molecule has 0 aromatic heterocycles. The van der Waals surface area contributed by atoms with Crippen molar-refractivity contribution in [2.75, 3.05) is 25.1 Å². The van der Waals surface area contributed by atoms with Crippen molar-refractivity contribution in [1.29, 1.82) is 0 Å². The lowest BCUT2D eigenvalue weighted by molar-refractivity contribution is 0.321. The summed E-state index contributed by atoms with van der Waals surface area (Å²) in [5.74, 6) is 1.85. The van der Waals surface area contributed by atoms with Gasteiger partial charge >= 0.3 is 0 Å². The molecule has 27 heavy (non-hydrogen) atoms. The molecule has 0 saturated carbocycles. The Hall–Kier alpha value is -2.16. The molecular formula is C24H35NO2. The van der Waals surface area contributed by atoms with Crippen molar-refractivity contribution < 1.29 is 9.47 Å². The Kier molecular flexibility index (Phi) is 6.80. The van der Waals surface area contributed by atoms with E-state index in [2.05, 4.69) is 65.1 Å². The standard InChI is InChI=1S/C24H35NO2/c1-8-26-22-12-10-9-11-20(22)25-15-16-27-21-14-13-18(23(2,3)4)17-19(21)24(5,6)7/h9-14,17,25H,8,15-16H2,1-7H3. The molecule has 0 bridgehead atoms. The van der Waals surface area contributed by atoms with Gasteiger partial charge in [-0.1, -0.05) is 65.8 Å². The first-order chi connectivity index (χ1) is 12.6. The molecule has 2 aromatic carbocycles. The first-order valence-electron chi connectivity index (χ1n) is 9.86. The van der Waals surface area contributed by atoms with Crippen LogP contribution in [-0.4, -0.2) is 19.8 Å². The van der Waals surface area contributed by atoms with E-state index in [1.54, 1.807) is 0 Å². The fourth-order valence-electron chi connectivity index (χ4n) is 2.95. The average Bonchev–Trinajstić information content (AvgIpc) is 2.58. The van der Waals surface area contributed by atoms with Crippen LogP contribution in [0.5, 0.6) is 11.5 Å². The van der Waals surface area contributed by atoms with Crippen molar-refractivity contribution in [3.8, 4) is 11.5 Å². The van der Waals surface area contributed by atoms with Gasteiger partial charge in [0.05, 0.1) is 12.3 Å². The van der Waals surface area contributed by atoms with Crippen LogP contribution in [0.1, 0.15) is 59.6 Å². The van der Waals surface area contributed by atoms with Crippen molar-refractivity contribution in [2.24, 2.45) is 0 Å². The lowest BCUT2D eigenvalue weighted by Crippen LogP contribution is -2.19. The molecule has 0 aliphatic heterocycles. The van der Waals surface area contributed by atoms with E-state index in [4.69, 9.17) is 9.47 Å². The Balaban J connectivity index is 2.06. The van der Waals surface area contributed by atoms with Gasteiger partial charge in [-0.25, -0.2) is 0 Å². The van der Waals surface area contributed by atoms with Crippen LogP contribution < -0.4 is 14.8 Å². The van der Waals surface area contributed by atoms with Gasteiger partial charge in [-0.05, 0) is 47.1 Å². The third-order valence-electron chi connectivity index (χ3n) is 4.52. The zero-order valence-electron chi connectivity index (χ0n) is 18.0. The third-order valence-corrected chi connectivity index (χ3v) is 4.52. The molecule has 2 aromatic rings. The van der Waals surface area contributed by atoms with E-state index < -0.39 is 0 Å². The minimum atomic E-state index is 0.0333. The number of nitrogens with one attached hydrogen (secondary N) is 1. The molecule has 0 saturated heterocycles. The summed E-state index contributed by atoms with van der Waals surface area (Å²) in [4.78, 5) is 0. The second-order valence-corrected chi connectivity index (χ2v) is 8.92. The van der Waals surface area contributed by atoms with Gasteiger partial charge in [0.25, 0.3) is 0 Å². The largest absolute Gasteiger partial charge is 0.492 e. The first-order valence-corrected chi connectivity index (χ1v) is 9.86. The smallest absolute Gasteiger partial charge is 0.142 e. The molecule has 3 heteroatoms. The predicted octanol–water partition coefficient (Wildman–Crippen LogP) is 6.17. The molecule has 1 N–H and O–H groups in total. The van der Waals surface area contributed by atoms with Crippen LogP contribution in [0.3, 0.4) is 0 Å². The SMILES string of the molecule is CCOc1ccccc1NCCOc1ccc(C(C)(C)C)cc1C(C)(C)C. The Morgan fingerprint density at radius 1 is 0.815 bits per heavy atom. The summed E-state index contributed by atoms with van der Waals surface area (Å²) in [6.07, 6.45) is 0. The van der Waals surface area contributed by atoms with E-state index in [9.17, 15) is 0 Å². The number of rotatable bonds is 7. The highest BCUT2D eigenvalue weighted by Gasteiger charge is 2.23. The van der Waals surface area contributed by atoms with Gasteiger partial charge in [-0.15, -0.1) is 0 Å². The zero-order valence-corrected chi connectivity index (χ0v) is 18.0. The van der Waals surface area contributed by atoms with Crippen molar-refractivity contribution in [3.63, 3.8) is 0 Å². The molecule has 0 aliphatic carbocycles. The minimum absolute atomic E-state index is 0.0333. The highest BCUT2D eigenvalue weighted by atomic mass is 16.5. The Morgan fingerprint density at radius 3 is 2.15 bits per heavy atom. The van der Waals surface area contributed by atoms with Gasteiger partial charge in [-0.2, -0.15) is 0 Å². The number of anilines is 1. The summed E-state index contributed by atoms with van der Waals surface area (Å²) >= 11 is 0. The van der Waals surface area contributed by atoms with E-state index in [1.165, 1.54) is 11.1 Å². The average molecular weight is 370 g/mol. The number of benzene rings is 2. The zero-order chi connectivity index (χ0) is 20.1. The first kappa shape index (κ1) is 21.1. The number of ether oxygens (including phenoxy) is 2. The second kappa shape index (κ2) is 8.69. The molecule has 148 valence electrons. The number of hydrogen-bond donors (Lipinski definition) is 1. The van der Waals surface area contributed by atoms with Crippen LogP contribution >= 0.6 is 0 Å². The monoisotopic (exact) mass is 369 g/mol. The lowest BCUT2D eigenvalue weighted by atomic mass is 9.80. The van der Waals surface area contributed by atoms with Crippen LogP contribution in [0, 0.1) is 0 Å². The molecule has 3 nitrogen and oxygen atoms in total. The van der Waals surface area contributed by atoms with Gasteiger partial charge in [0.2, 0.25) is 0 Å². The van der Waals surface area contributed by atoms with Crippen LogP contribution in [0.4, 0.5) is 5.69 Å². The lowest BCUT2D eigenvalue weighted by Gasteiger charge is -2.27. The molecule has 2 rings (SSSR count). The van der Waals surface area contributed by atoms with Crippen molar-refractivity contribution in [3.05, 3.63) is 53.6 Å². The van der Waals surface area contributed by atoms with E-state index >= 15 is 0 Å². The highest BCUT2D eigenvalue weighted by Crippen LogP contribution is 2.35. The Bertz CT molecular complexity index is 739.